The summed E-state index contributed by atoms with van der Waals surface area (Å²) in [7, 11) is 1.79. The van der Waals surface area contributed by atoms with Crippen molar-refractivity contribution in [3.63, 3.8) is 0 Å². The van der Waals surface area contributed by atoms with Gasteiger partial charge in [0.2, 0.25) is 0 Å². The molecule has 1 atom stereocenters. The molecule has 3 heterocycles. The molecule has 102 valence electrons. The van der Waals surface area contributed by atoms with Crippen LogP contribution < -0.4 is 4.90 Å². The van der Waals surface area contributed by atoms with Gasteiger partial charge in [-0.25, -0.2) is 4.98 Å². The van der Waals surface area contributed by atoms with Crippen LogP contribution in [0, 0.1) is 0 Å². The van der Waals surface area contributed by atoms with Gasteiger partial charge in [0.1, 0.15) is 5.65 Å². The SMILES string of the molecule is COC1CCCN(c2nc3ccccn3c2CBr)C1. The molecule has 1 aliphatic rings. The van der Waals surface area contributed by atoms with Crippen molar-refractivity contribution in [1.29, 1.82) is 0 Å². The van der Waals surface area contributed by atoms with Gasteiger partial charge in [0.05, 0.1) is 11.8 Å². The first-order valence-electron chi connectivity index (χ1n) is 6.63. The highest BCUT2D eigenvalue weighted by molar-refractivity contribution is 9.08. The minimum Gasteiger partial charge on any atom is -0.380 e. The monoisotopic (exact) mass is 323 g/mol. The van der Waals surface area contributed by atoms with Crippen molar-refractivity contribution in [2.24, 2.45) is 0 Å². The Balaban J connectivity index is 1.99. The van der Waals surface area contributed by atoms with E-state index in [1.807, 2.05) is 18.2 Å². The molecule has 0 saturated carbocycles. The molecule has 3 rings (SSSR count). The maximum Gasteiger partial charge on any atom is 0.152 e. The zero-order chi connectivity index (χ0) is 13.2. The molecule has 0 radical (unpaired) electrons. The lowest BCUT2D eigenvalue weighted by Crippen LogP contribution is -2.39. The standard InChI is InChI=1S/C14H18BrN3O/c1-19-11-5-4-7-17(10-11)14-12(9-15)18-8-3-2-6-13(18)16-14/h2-3,6,8,11H,4-5,7,9-10H2,1H3. The average molecular weight is 324 g/mol. The van der Waals surface area contributed by atoms with E-state index in [9.17, 15) is 0 Å². The average Bonchev–Trinajstić information content (AvgIpc) is 2.86. The van der Waals surface area contributed by atoms with Crippen LogP contribution in [0.2, 0.25) is 0 Å². The summed E-state index contributed by atoms with van der Waals surface area (Å²) in [6, 6.07) is 6.12. The molecule has 0 amide bonds. The number of pyridine rings is 1. The molecule has 0 N–H and O–H groups in total. The van der Waals surface area contributed by atoms with E-state index in [2.05, 4.69) is 31.4 Å². The molecular weight excluding hydrogens is 306 g/mol. The van der Waals surface area contributed by atoms with Gasteiger partial charge in [-0.05, 0) is 25.0 Å². The quantitative estimate of drug-likeness (QED) is 0.813. The van der Waals surface area contributed by atoms with Crippen LogP contribution in [0.3, 0.4) is 0 Å². The minimum absolute atomic E-state index is 0.321. The van der Waals surface area contributed by atoms with Gasteiger partial charge in [-0.1, -0.05) is 22.0 Å². The number of hydrogen-bond acceptors (Lipinski definition) is 3. The molecule has 1 aliphatic heterocycles. The second-order valence-corrected chi connectivity index (χ2v) is 5.45. The third kappa shape index (κ3) is 2.37. The normalized spacial score (nSPS) is 20.1. The highest BCUT2D eigenvalue weighted by Crippen LogP contribution is 2.27. The van der Waals surface area contributed by atoms with E-state index in [0.29, 0.717) is 6.10 Å². The smallest absolute Gasteiger partial charge is 0.152 e. The van der Waals surface area contributed by atoms with Gasteiger partial charge in [-0.3, -0.25) is 0 Å². The molecule has 0 aliphatic carbocycles. The summed E-state index contributed by atoms with van der Waals surface area (Å²) in [6.07, 6.45) is 4.69. The fourth-order valence-electron chi connectivity index (χ4n) is 2.73. The molecule has 1 unspecified atom stereocenters. The van der Waals surface area contributed by atoms with Gasteiger partial charge in [0, 0.05) is 31.7 Å². The fourth-order valence-corrected chi connectivity index (χ4v) is 3.26. The summed E-state index contributed by atoms with van der Waals surface area (Å²) in [6.45, 7) is 1.99. The molecule has 0 bridgehead atoms. The Bertz CT molecular complexity index is 569. The molecule has 0 spiro atoms. The molecule has 2 aromatic rings. The van der Waals surface area contributed by atoms with Gasteiger partial charge >= 0.3 is 0 Å². The summed E-state index contributed by atoms with van der Waals surface area (Å²) in [5.41, 5.74) is 2.22. The lowest BCUT2D eigenvalue weighted by molar-refractivity contribution is 0.0891. The van der Waals surface area contributed by atoms with Gasteiger partial charge in [0.25, 0.3) is 0 Å². The number of anilines is 1. The van der Waals surface area contributed by atoms with Crippen molar-refractivity contribution in [3.05, 3.63) is 30.1 Å². The number of methoxy groups -OCH3 is 1. The highest BCUT2D eigenvalue weighted by Gasteiger charge is 2.24. The lowest BCUT2D eigenvalue weighted by Gasteiger charge is -2.32. The number of aromatic nitrogens is 2. The third-order valence-electron chi connectivity index (χ3n) is 3.75. The van der Waals surface area contributed by atoms with Crippen LogP contribution in [0.15, 0.2) is 24.4 Å². The zero-order valence-corrected chi connectivity index (χ0v) is 12.6. The van der Waals surface area contributed by atoms with E-state index >= 15 is 0 Å². The lowest BCUT2D eigenvalue weighted by atomic mass is 10.1. The van der Waals surface area contributed by atoms with Crippen LogP contribution in [0.1, 0.15) is 18.5 Å². The molecule has 1 fully saturated rings. The van der Waals surface area contributed by atoms with Crippen LogP contribution >= 0.6 is 15.9 Å². The molecular formula is C14H18BrN3O. The number of nitrogens with zero attached hydrogens (tertiary/aromatic N) is 3. The Morgan fingerprint density at radius 1 is 1.47 bits per heavy atom. The third-order valence-corrected chi connectivity index (χ3v) is 4.28. The summed E-state index contributed by atoms with van der Waals surface area (Å²) in [5.74, 6) is 1.09. The number of piperidine rings is 1. The van der Waals surface area contributed by atoms with E-state index in [4.69, 9.17) is 9.72 Å². The Morgan fingerprint density at radius 3 is 3.16 bits per heavy atom. The molecule has 4 nitrogen and oxygen atoms in total. The number of alkyl halides is 1. The van der Waals surface area contributed by atoms with Gasteiger partial charge in [-0.15, -0.1) is 0 Å². The van der Waals surface area contributed by atoms with Crippen molar-refractivity contribution in [3.8, 4) is 0 Å². The predicted octanol–water partition coefficient (Wildman–Crippen LogP) is 2.84. The van der Waals surface area contributed by atoms with Crippen LogP contribution in [0.4, 0.5) is 5.82 Å². The second kappa shape index (κ2) is 5.51. The minimum atomic E-state index is 0.321. The van der Waals surface area contributed by atoms with Gasteiger partial charge < -0.3 is 14.0 Å². The number of imidazole rings is 1. The largest absolute Gasteiger partial charge is 0.380 e. The van der Waals surface area contributed by atoms with Gasteiger partial charge in [0.15, 0.2) is 5.82 Å². The van der Waals surface area contributed by atoms with Gasteiger partial charge in [-0.2, -0.15) is 0 Å². The van der Waals surface area contributed by atoms with Crippen molar-refractivity contribution in [1.82, 2.24) is 9.38 Å². The number of rotatable bonds is 3. The summed E-state index contributed by atoms with van der Waals surface area (Å²) < 4.78 is 7.66. The Morgan fingerprint density at radius 2 is 2.37 bits per heavy atom. The van der Waals surface area contributed by atoms with E-state index < -0.39 is 0 Å². The van der Waals surface area contributed by atoms with E-state index in [1.165, 1.54) is 5.69 Å². The van der Waals surface area contributed by atoms with E-state index in [0.717, 1.165) is 42.7 Å². The molecule has 19 heavy (non-hydrogen) atoms. The fraction of sp³-hybridized carbons (Fsp3) is 0.500. The number of halogens is 1. The second-order valence-electron chi connectivity index (χ2n) is 4.89. The van der Waals surface area contributed by atoms with Crippen LogP contribution in [0.5, 0.6) is 0 Å². The molecule has 0 aromatic carbocycles. The number of ether oxygens (including phenoxy) is 1. The molecule has 1 saturated heterocycles. The molecule has 5 heteroatoms. The van der Waals surface area contributed by atoms with E-state index in [1.54, 1.807) is 7.11 Å². The first-order chi connectivity index (χ1) is 9.33. The summed E-state index contributed by atoms with van der Waals surface area (Å²) >= 11 is 3.59. The van der Waals surface area contributed by atoms with Crippen molar-refractivity contribution in [2.45, 2.75) is 24.3 Å². The number of fused-ring (bicyclic) bond motifs is 1. The van der Waals surface area contributed by atoms with Crippen molar-refractivity contribution >= 4 is 27.4 Å². The molecule has 2 aromatic heterocycles. The number of hydrogen-bond donors (Lipinski definition) is 0. The maximum atomic E-state index is 5.50. The Kier molecular flexibility index (Phi) is 3.75. The predicted molar refractivity (Wildman–Crippen MR) is 80.1 cm³/mol. The maximum absolute atomic E-state index is 5.50. The van der Waals surface area contributed by atoms with Crippen molar-refractivity contribution in [2.75, 3.05) is 25.1 Å². The summed E-state index contributed by atoms with van der Waals surface area (Å²) in [4.78, 5) is 7.13. The van der Waals surface area contributed by atoms with E-state index in [-0.39, 0.29) is 0 Å². The van der Waals surface area contributed by atoms with Crippen molar-refractivity contribution < 1.29 is 4.74 Å². The topological polar surface area (TPSA) is 29.8 Å². The van der Waals surface area contributed by atoms with Crippen LogP contribution in [-0.4, -0.2) is 35.7 Å². The highest BCUT2D eigenvalue weighted by atomic mass is 79.9. The van der Waals surface area contributed by atoms with Crippen LogP contribution in [0.25, 0.3) is 5.65 Å². The first kappa shape index (κ1) is 12.9. The van der Waals surface area contributed by atoms with Crippen LogP contribution in [-0.2, 0) is 10.1 Å². The first-order valence-corrected chi connectivity index (χ1v) is 7.75. The Labute approximate surface area is 121 Å². The zero-order valence-electron chi connectivity index (χ0n) is 11.1. The summed E-state index contributed by atoms with van der Waals surface area (Å²) in [5, 5.41) is 0.807. The Hall–Kier alpha value is -1.07.